The minimum absolute atomic E-state index is 0.0369. The highest BCUT2D eigenvalue weighted by atomic mass is 32.1. The standard InChI is InChI=1S/C30H36N4O5SSi/c1-5-22(39-41(30(2,3)4,20-12-8-6-9-13-20)21-14-10-7-11-15-21)23-16-19(17-25(35)36)27(38-23)34-26-24(40-29(34)37)18-32-28(31)33-26/h6-15,18-19,22-23,27H,5,16-17H2,1-4H3,(H,35,36)(H2,31,32,33)/t19-,22?,23+,27-/m1/s1. The molecular weight excluding hydrogens is 557 g/mol. The molecule has 2 aromatic heterocycles. The van der Waals surface area contributed by atoms with Crippen molar-refractivity contribution < 1.29 is 19.1 Å². The zero-order chi connectivity index (χ0) is 29.4. The van der Waals surface area contributed by atoms with E-state index < -0.39 is 32.5 Å². The second kappa shape index (κ2) is 11.5. The topological polar surface area (TPSA) is 130 Å². The number of carboxylic acid groups (broad SMARTS) is 1. The molecule has 216 valence electrons. The van der Waals surface area contributed by atoms with Gasteiger partial charge in [0.1, 0.15) is 6.23 Å². The molecule has 5 rings (SSSR count). The van der Waals surface area contributed by atoms with Gasteiger partial charge in [0.25, 0.3) is 8.32 Å². The molecule has 9 nitrogen and oxygen atoms in total. The SMILES string of the molecule is CCC(O[Si](c1ccccc1)(c1ccccc1)C(C)(C)C)[C@@H]1C[C@H](CC(=O)O)[C@H](n2c(=O)sc3cnc(N)nc32)O1. The molecule has 1 aliphatic rings. The predicted molar refractivity (Wildman–Crippen MR) is 163 cm³/mol. The highest BCUT2D eigenvalue weighted by Gasteiger charge is 2.53. The number of carboxylic acids is 1. The Kier molecular flexibility index (Phi) is 8.15. The lowest BCUT2D eigenvalue weighted by Gasteiger charge is -2.46. The summed E-state index contributed by atoms with van der Waals surface area (Å²) in [6.45, 7) is 8.72. The first-order chi connectivity index (χ1) is 19.5. The fraction of sp³-hybridized carbons (Fsp3) is 0.400. The average Bonchev–Trinajstić information content (AvgIpc) is 3.48. The minimum Gasteiger partial charge on any atom is -0.481 e. The van der Waals surface area contributed by atoms with E-state index in [0.29, 0.717) is 23.2 Å². The summed E-state index contributed by atoms with van der Waals surface area (Å²) in [7, 11) is -2.91. The minimum atomic E-state index is -2.91. The molecule has 1 unspecified atom stereocenters. The summed E-state index contributed by atoms with van der Waals surface area (Å²) in [5.41, 5.74) is 6.21. The van der Waals surface area contributed by atoms with Gasteiger partial charge in [0.15, 0.2) is 5.65 Å². The van der Waals surface area contributed by atoms with Gasteiger partial charge in [-0.15, -0.1) is 0 Å². The van der Waals surface area contributed by atoms with E-state index in [0.717, 1.165) is 21.7 Å². The van der Waals surface area contributed by atoms with Crippen LogP contribution in [-0.2, 0) is 14.0 Å². The summed E-state index contributed by atoms with van der Waals surface area (Å²) in [5, 5.41) is 11.8. The number of carbonyl (C=O) groups is 1. The Labute approximate surface area is 244 Å². The third kappa shape index (κ3) is 5.46. The van der Waals surface area contributed by atoms with Crippen molar-refractivity contribution in [3.05, 3.63) is 76.5 Å². The van der Waals surface area contributed by atoms with Gasteiger partial charge in [-0.05, 0) is 28.3 Å². The summed E-state index contributed by atoms with van der Waals surface area (Å²) >= 11 is 0.994. The lowest BCUT2D eigenvalue weighted by atomic mass is 9.96. The summed E-state index contributed by atoms with van der Waals surface area (Å²) in [4.78, 5) is 33.1. The monoisotopic (exact) mass is 592 g/mol. The first kappa shape index (κ1) is 29.1. The number of aromatic nitrogens is 3. The van der Waals surface area contributed by atoms with E-state index in [4.69, 9.17) is 14.9 Å². The molecular formula is C30H36N4O5SSi. The number of anilines is 1. The van der Waals surface area contributed by atoms with Crippen molar-refractivity contribution in [3.8, 4) is 0 Å². The maximum atomic E-state index is 13.2. The third-order valence-electron chi connectivity index (χ3n) is 7.88. The molecule has 1 aliphatic heterocycles. The van der Waals surface area contributed by atoms with Crippen LogP contribution in [0.1, 0.15) is 53.2 Å². The van der Waals surface area contributed by atoms with E-state index in [2.05, 4.69) is 61.9 Å². The lowest BCUT2D eigenvalue weighted by Crippen LogP contribution is -2.68. The molecule has 41 heavy (non-hydrogen) atoms. The number of ether oxygens (including phenoxy) is 1. The van der Waals surface area contributed by atoms with E-state index in [1.807, 2.05) is 36.4 Å². The van der Waals surface area contributed by atoms with Crippen molar-refractivity contribution >= 4 is 52.3 Å². The highest BCUT2D eigenvalue weighted by Crippen LogP contribution is 2.43. The molecule has 1 fully saturated rings. The number of hydrogen-bond donors (Lipinski definition) is 2. The van der Waals surface area contributed by atoms with Crippen LogP contribution in [0.15, 0.2) is 71.7 Å². The quantitative estimate of drug-likeness (QED) is 0.277. The Morgan fingerprint density at radius 2 is 1.78 bits per heavy atom. The van der Waals surface area contributed by atoms with Gasteiger partial charge in [-0.2, -0.15) is 4.98 Å². The van der Waals surface area contributed by atoms with E-state index >= 15 is 0 Å². The van der Waals surface area contributed by atoms with Crippen LogP contribution in [0, 0.1) is 5.92 Å². The van der Waals surface area contributed by atoms with Crippen molar-refractivity contribution in [1.82, 2.24) is 14.5 Å². The van der Waals surface area contributed by atoms with Gasteiger partial charge < -0.3 is 20.0 Å². The Morgan fingerprint density at radius 3 is 2.32 bits per heavy atom. The van der Waals surface area contributed by atoms with Crippen LogP contribution in [-0.4, -0.2) is 46.1 Å². The number of rotatable bonds is 9. The molecule has 0 saturated carbocycles. The molecule has 1 saturated heterocycles. The number of thiazole rings is 1. The van der Waals surface area contributed by atoms with E-state index in [1.54, 1.807) is 0 Å². The van der Waals surface area contributed by atoms with Gasteiger partial charge in [0.05, 0.1) is 29.5 Å². The predicted octanol–water partition coefficient (Wildman–Crippen LogP) is 4.17. The Balaban J connectivity index is 1.58. The largest absolute Gasteiger partial charge is 0.481 e. The smallest absolute Gasteiger partial charge is 0.311 e. The van der Waals surface area contributed by atoms with E-state index in [-0.39, 0.29) is 28.4 Å². The number of aliphatic carboxylic acids is 1. The van der Waals surface area contributed by atoms with Gasteiger partial charge in [0.2, 0.25) is 5.95 Å². The molecule has 0 amide bonds. The molecule has 0 bridgehead atoms. The number of nitrogen functional groups attached to an aromatic ring is 1. The summed E-state index contributed by atoms with van der Waals surface area (Å²) in [5.74, 6) is -1.37. The number of nitrogens with zero attached hydrogens (tertiary/aromatic N) is 3. The van der Waals surface area contributed by atoms with Crippen LogP contribution in [0.25, 0.3) is 10.3 Å². The normalized spacial score (nSPS) is 20.3. The van der Waals surface area contributed by atoms with E-state index in [9.17, 15) is 14.7 Å². The van der Waals surface area contributed by atoms with Crippen LogP contribution in [0.2, 0.25) is 5.04 Å². The summed E-state index contributed by atoms with van der Waals surface area (Å²) in [6, 6.07) is 20.8. The summed E-state index contributed by atoms with van der Waals surface area (Å²) in [6.07, 6.45) is 0.845. The zero-order valence-electron chi connectivity index (χ0n) is 23.7. The van der Waals surface area contributed by atoms with Crippen LogP contribution < -0.4 is 21.0 Å². The lowest BCUT2D eigenvalue weighted by molar-refractivity contribution is -0.139. The number of fused-ring (bicyclic) bond motifs is 1. The summed E-state index contributed by atoms with van der Waals surface area (Å²) < 4.78 is 16.0. The van der Waals surface area contributed by atoms with Gasteiger partial charge in [0, 0.05) is 5.92 Å². The second-order valence-corrected chi connectivity index (χ2v) is 16.8. The zero-order valence-corrected chi connectivity index (χ0v) is 25.5. The molecule has 4 atom stereocenters. The maximum absolute atomic E-state index is 13.2. The van der Waals surface area contributed by atoms with Gasteiger partial charge in [-0.25, -0.2) is 4.98 Å². The van der Waals surface area contributed by atoms with Crippen molar-refractivity contribution in [2.45, 2.75) is 70.4 Å². The Morgan fingerprint density at radius 1 is 1.17 bits per heavy atom. The molecule has 0 aliphatic carbocycles. The molecule has 4 aromatic rings. The van der Waals surface area contributed by atoms with Crippen LogP contribution in [0.3, 0.4) is 0 Å². The van der Waals surface area contributed by atoms with Crippen LogP contribution in [0.4, 0.5) is 5.95 Å². The number of nitrogens with two attached hydrogens (primary N) is 1. The third-order valence-corrected chi connectivity index (χ3v) is 13.8. The van der Waals surface area contributed by atoms with Crippen molar-refractivity contribution in [3.63, 3.8) is 0 Å². The van der Waals surface area contributed by atoms with Crippen molar-refractivity contribution in [2.75, 3.05) is 5.73 Å². The fourth-order valence-corrected chi connectivity index (χ4v) is 11.7. The van der Waals surface area contributed by atoms with Gasteiger partial charge >= 0.3 is 10.8 Å². The maximum Gasteiger partial charge on any atom is 0.311 e. The van der Waals surface area contributed by atoms with Crippen molar-refractivity contribution in [1.29, 1.82) is 0 Å². The molecule has 0 radical (unpaired) electrons. The Bertz CT molecular complexity index is 1530. The average molecular weight is 593 g/mol. The Hall–Kier alpha value is -3.38. The van der Waals surface area contributed by atoms with Gasteiger partial charge in [-0.1, -0.05) is 99.7 Å². The fourth-order valence-electron chi connectivity index (χ4n) is 6.09. The first-order valence-electron chi connectivity index (χ1n) is 13.8. The van der Waals surface area contributed by atoms with Crippen LogP contribution >= 0.6 is 11.3 Å². The molecule has 2 aromatic carbocycles. The molecule has 11 heteroatoms. The highest BCUT2D eigenvalue weighted by molar-refractivity contribution is 7.16. The van der Waals surface area contributed by atoms with Gasteiger partial charge in [-0.3, -0.25) is 14.2 Å². The molecule has 3 heterocycles. The van der Waals surface area contributed by atoms with Crippen molar-refractivity contribution in [2.24, 2.45) is 5.92 Å². The van der Waals surface area contributed by atoms with Crippen LogP contribution in [0.5, 0.6) is 0 Å². The van der Waals surface area contributed by atoms with E-state index in [1.165, 1.54) is 10.8 Å². The molecule has 3 N–H and O–H groups in total. The first-order valence-corrected chi connectivity index (χ1v) is 16.6. The number of hydrogen-bond acceptors (Lipinski definition) is 8. The molecule has 0 spiro atoms. The second-order valence-electron chi connectivity index (χ2n) is 11.5. The number of benzene rings is 2.